The second kappa shape index (κ2) is 6.60. The SMILES string of the molecule is OCCOCCOc1cc2c(cc1O)C(Cl)N=CN2. The lowest BCUT2D eigenvalue weighted by Gasteiger charge is -2.18. The summed E-state index contributed by atoms with van der Waals surface area (Å²) < 4.78 is 10.5. The van der Waals surface area contributed by atoms with Crippen molar-refractivity contribution >= 4 is 23.6 Å². The van der Waals surface area contributed by atoms with Crippen LogP contribution in [0.1, 0.15) is 11.1 Å². The maximum absolute atomic E-state index is 9.84. The fourth-order valence-corrected chi connectivity index (χ4v) is 1.89. The fourth-order valence-electron chi connectivity index (χ4n) is 1.65. The van der Waals surface area contributed by atoms with Gasteiger partial charge in [-0.3, -0.25) is 4.99 Å². The number of rotatable bonds is 6. The molecule has 6 nitrogen and oxygen atoms in total. The predicted octanol–water partition coefficient (Wildman–Crippen LogP) is 1.47. The van der Waals surface area contributed by atoms with E-state index >= 15 is 0 Å². The number of phenolic OH excluding ortho intramolecular Hbond substituents is 1. The Labute approximate surface area is 115 Å². The Balaban J connectivity index is 1.99. The van der Waals surface area contributed by atoms with Crippen molar-refractivity contribution in [2.45, 2.75) is 5.50 Å². The lowest BCUT2D eigenvalue weighted by molar-refractivity contribution is 0.0699. The van der Waals surface area contributed by atoms with Gasteiger partial charge in [0.15, 0.2) is 17.0 Å². The third kappa shape index (κ3) is 3.50. The molecule has 0 fully saturated rings. The second-order valence-corrected chi connectivity index (χ2v) is 4.26. The number of hydrogen-bond acceptors (Lipinski definition) is 6. The first kappa shape index (κ1) is 13.9. The zero-order valence-electron chi connectivity index (χ0n) is 10.2. The van der Waals surface area contributed by atoms with E-state index in [0.29, 0.717) is 17.9 Å². The smallest absolute Gasteiger partial charge is 0.163 e. The average molecular weight is 287 g/mol. The lowest BCUT2D eigenvalue weighted by atomic mass is 10.1. The first-order valence-electron chi connectivity index (χ1n) is 5.83. The third-order valence-corrected chi connectivity index (χ3v) is 2.88. The van der Waals surface area contributed by atoms with Crippen molar-refractivity contribution in [3.8, 4) is 11.5 Å². The molecule has 1 atom stereocenters. The molecule has 19 heavy (non-hydrogen) atoms. The molecule has 104 valence electrons. The largest absolute Gasteiger partial charge is 0.504 e. The monoisotopic (exact) mass is 286 g/mol. The van der Waals surface area contributed by atoms with Gasteiger partial charge in [0.2, 0.25) is 0 Å². The Hall–Kier alpha value is -1.50. The molecule has 0 aromatic heterocycles. The number of phenols is 1. The van der Waals surface area contributed by atoms with Crippen molar-refractivity contribution < 1.29 is 19.7 Å². The topological polar surface area (TPSA) is 83.3 Å². The summed E-state index contributed by atoms with van der Waals surface area (Å²) in [4.78, 5) is 3.97. The number of aliphatic hydroxyl groups excluding tert-OH is 1. The number of nitrogens with one attached hydrogen (secondary N) is 1. The van der Waals surface area contributed by atoms with Crippen LogP contribution in [0.25, 0.3) is 0 Å². The van der Waals surface area contributed by atoms with E-state index in [4.69, 9.17) is 26.2 Å². The van der Waals surface area contributed by atoms with Crippen molar-refractivity contribution in [1.29, 1.82) is 0 Å². The van der Waals surface area contributed by atoms with E-state index in [-0.39, 0.29) is 25.6 Å². The quantitative estimate of drug-likeness (QED) is 0.319. The summed E-state index contributed by atoms with van der Waals surface area (Å²) in [7, 11) is 0. The minimum absolute atomic E-state index is 0.00505. The molecule has 1 aromatic carbocycles. The van der Waals surface area contributed by atoms with E-state index in [0.717, 1.165) is 5.69 Å². The molecule has 0 saturated carbocycles. The highest BCUT2D eigenvalue weighted by molar-refractivity contribution is 6.22. The van der Waals surface area contributed by atoms with Gasteiger partial charge < -0.3 is 25.0 Å². The molecule has 0 spiro atoms. The lowest BCUT2D eigenvalue weighted by Crippen LogP contribution is -2.11. The number of halogens is 1. The number of alkyl halides is 1. The Morgan fingerprint density at radius 2 is 2.16 bits per heavy atom. The van der Waals surface area contributed by atoms with Crippen LogP contribution < -0.4 is 10.1 Å². The minimum Gasteiger partial charge on any atom is -0.504 e. The number of hydrogen-bond donors (Lipinski definition) is 3. The number of aliphatic imine (C=N–C) groups is 1. The molecule has 0 aliphatic carbocycles. The van der Waals surface area contributed by atoms with Crippen LogP contribution in [-0.4, -0.2) is 43.0 Å². The predicted molar refractivity (Wildman–Crippen MR) is 72.2 cm³/mol. The van der Waals surface area contributed by atoms with E-state index < -0.39 is 5.50 Å². The number of anilines is 1. The van der Waals surface area contributed by atoms with Gasteiger partial charge in [-0.1, -0.05) is 11.6 Å². The maximum Gasteiger partial charge on any atom is 0.163 e. The van der Waals surface area contributed by atoms with E-state index in [2.05, 4.69) is 10.3 Å². The molecule has 0 saturated heterocycles. The van der Waals surface area contributed by atoms with Gasteiger partial charge in [0, 0.05) is 17.3 Å². The number of ether oxygens (including phenoxy) is 2. The van der Waals surface area contributed by atoms with Gasteiger partial charge in [0.1, 0.15) is 6.61 Å². The Morgan fingerprint density at radius 3 is 2.95 bits per heavy atom. The summed E-state index contributed by atoms with van der Waals surface area (Å²) >= 11 is 6.00. The first-order valence-corrected chi connectivity index (χ1v) is 6.26. The molecule has 0 amide bonds. The number of benzene rings is 1. The van der Waals surface area contributed by atoms with E-state index in [1.165, 1.54) is 12.4 Å². The van der Waals surface area contributed by atoms with Gasteiger partial charge in [-0.15, -0.1) is 0 Å². The van der Waals surface area contributed by atoms with Gasteiger partial charge in [0.05, 0.1) is 26.2 Å². The Bertz CT molecular complexity index is 467. The Morgan fingerprint density at radius 1 is 1.32 bits per heavy atom. The van der Waals surface area contributed by atoms with Crippen molar-refractivity contribution in [1.82, 2.24) is 0 Å². The van der Waals surface area contributed by atoms with Crippen LogP contribution in [0.4, 0.5) is 5.69 Å². The molecule has 1 heterocycles. The number of aliphatic hydroxyl groups is 1. The molecular formula is C12H15ClN2O4. The fraction of sp³-hybridized carbons (Fsp3) is 0.417. The molecule has 2 rings (SSSR count). The van der Waals surface area contributed by atoms with Gasteiger partial charge >= 0.3 is 0 Å². The summed E-state index contributed by atoms with van der Waals surface area (Å²) in [5, 5.41) is 21.3. The van der Waals surface area contributed by atoms with Crippen LogP contribution in [0.5, 0.6) is 11.5 Å². The van der Waals surface area contributed by atoms with Crippen molar-refractivity contribution in [2.24, 2.45) is 4.99 Å². The van der Waals surface area contributed by atoms with Crippen molar-refractivity contribution in [2.75, 3.05) is 31.7 Å². The summed E-state index contributed by atoms with van der Waals surface area (Å²) in [6.07, 6.45) is 1.51. The van der Waals surface area contributed by atoms with E-state index in [1.54, 1.807) is 6.07 Å². The van der Waals surface area contributed by atoms with Gasteiger partial charge in [-0.2, -0.15) is 0 Å². The van der Waals surface area contributed by atoms with Crippen LogP contribution in [0.2, 0.25) is 0 Å². The molecule has 0 radical (unpaired) electrons. The summed E-state index contributed by atoms with van der Waals surface area (Å²) in [6.45, 7) is 0.866. The molecule has 3 N–H and O–H groups in total. The molecule has 1 aliphatic rings. The van der Waals surface area contributed by atoms with E-state index in [9.17, 15) is 5.11 Å². The number of nitrogens with zero attached hydrogens (tertiary/aromatic N) is 1. The molecule has 1 aromatic rings. The third-order valence-electron chi connectivity index (χ3n) is 2.53. The van der Waals surface area contributed by atoms with Crippen LogP contribution >= 0.6 is 11.6 Å². The highest BCUT2D eigenvalue weighted by Crippen LogP contribution is 2.39. The highest BCUT2D eigenvalue weighted by atomic mass is 35.5. The number of aromatic hydroxyl groups is 1. The molecule has 1 aliphatic heterocycles. The first-order chi connectivity index (χ1) is 9.22. The summed E-state index contributed by atoms with van der Waals surface area (Å²) in [6, 6.07) is 3.19. The van der Waals surface area contributed by atoms with Crippen LogP contribution in [0.15, 0.2) is 17.1 Å². The van der Waals surface area contributed by atoms with Crippen LogP contribution in [0.3, 0.4) is 0 Å². The minimum atomic E-state index is -0.510. The van der Waals surface area contributed by atoms with Crippen LogP contribution in [-0.2, 0) is 4.74 Å². The molecular weight excluding hydrogens is 272 g/mol. The maximum atomic E-state index is 9.84. The van der Waals surface area contributed by atoms with Crippen LogP contribution in [0, 0.1) is 0 Å². The van der Waals surface area contributed by atoms with E-state index in [1.807, 2.05) is 0 Å². The molecule has 0 bridgehead atoms. The zero-order chi connectivity index (χ0) is 13.7. The molecule has 7 heteroatoms. The molecule has 1 unspecified atom stereocenters. The second-order valence-electron chi connectivity index (χ2n) is 3.85. The van der Waals surface area contributed by atoms with Gasteiger partial charge in [-0.05, 0) is 6.07 Å². The number of fused-ring (bicyclic) bond motifs is 1. The zero-order valence-corrected chi connectivity index (χ0v) is 10.9. The Kier molecular flexibility index (Phi) is 4.84. The average Bonchev–Trinajstić information content (AvgIpc) is 2.40. The standard InChI is InChI=1S/C12H15ClN2O4/c13-12-8-5-10(17)11(6-9(8)14-7-15-12)19-4-3-18-2-1-16/h5-7,12,16-17H,1-4H2,(H,14,15). The van der Waals surface area contributed by atoms with Crippen molar-refractivity contribution in [3.63, 3.8) is 0 Å². The highest BCUT2D eigenvalue weighted by Gasteiger charge is 2.18. The van der Waals surface area contributed by atoms with Gasteiger partial charge in [0.25, 0.3) is 0 Å². The normalized spacial score (nSPS) is 16.8. The van der Waals surface area contributed by atoms with Gasteiger partial charge in [-0.25, -0.2) is 0 Å². The van der Waals surface area contributed by atoms with Crippen molar-refractivity contribution in [3.05, 3.63) is 17.7 Å². The summed E-state index contributed by atoms with van der Waals surface area (Å²) in [5.41, 5.74) is 0.939. The summed E-state index contributed by atoms with van der Waals surface area (Å²) in [5.74, 6) is 0.350.